The minimum atomic E-state index is -3.36. The van der Waals surface area contributed by atoms with Gasteiger partial charge in [-0.3, -0.25) is 4.79 Å². The number of piperidine rings is 1. The first kappa shape index (κ1) is 18.8. The molecule has 2 fully saturated rings. The van der Waals surface area contributed by atoms with E-state index in [1.54, 1.807) is 16.2 Å². The molecule has 1 saturated carbocycles. The predicted molar refractivity (Wildman–Crippen MR) is 99.1 cm³/mol. The standard InChI is InChI=1S/C17H27N3O3S2/c1-2-16-18-14(12-24-16)10-17(21)20-9-5-8-15(11-20)25(22,23)19-13-6-3-4-7-13/h12-13,15,19H,2-11H2,1H3/t15-/m1/s1. The molecule has 0 unspecified atom stereocenters. The fourth-order valence-electron chi connectivity index (χ4n) is 3.65. The Morgan fingerprint density at radius 2 is 2.08 bits per heavy atom. The summed E-state index contributed by atoms with van der Waals surface area (Å²) in [5.41, 5.74) is 0.793. The van der Waals surface area contributed by atoms with E-state index in [1.807, 2.05) is 12.3 Å². The average Bonchev–Trinajstić information content (AvgIpc) is 3.26. The lowest BCUT2D eigenvalue weighted by atomic mass is 10.1. The first-order valence-corrected chi connectivity index (χ1v) is 11.6. The van der Waals surface area contributed by atoms with Gasteiger partial charge in [0, 0.05) is 24.5 Å². The Balaban J connectivity index is 1.58. The van der Waals surface area contributed by atoms with Crippen molar-refractivity contribution in [1.82, 2.24) is 14.6 Å². The van der Waals surface area contributed by atoms with E-state index in [0.717, 1.165) is 49.2 Å². The maximum atomic E-state index is 12.7. The monoisotopic (exact) mass is 385 g/mol. The number of nitrogens with one attached hydrogen (secondary N) is 1. The van der Waals surface area contributed by atoms with Crippen molar-refractivity contribution < 1.29 is 13.2 Å². The third-order valence-electron chi connectivity index (χ3n) is 5.09. The van der Waals surface area contributed by atoms with Crippen LogP contribution in [0, 0.1) is 0 Å². The van der Waals surface area contributed by atoms with Gasteiger partial charge >= 0.3 is 0 Å². The number of thiazole rings is 1. The van der Waals surface area contributed by atoms with Crippen LogP contribution in [0.5, 0.6) is 0 Å². The van der Waals surface area contributed by atoms with Crippen molar-refractivity contribution in [3.05, 3.63) is 16.1 Å². The van der Waals surface area contributed by atoms with Crippen LogP contribution in [0.15, 0.2) is 5.38 Å². The summed E-state index contributed by atoms with van der Waals surface area (Å²) in [5.74, 6) is -0.0197. The van der Waals surface area contributed by atoms with Crippen LogP contribution in [0.4, 0.5) is 0 Å². The second kappa shape index (κ2) is 8.14. The van der Waals surface area contributed by atoms with E-state index in [0.29, 0.717) is 19.5 Å². The Labute approximate surface area is 154 Å². The summed E-state index contributed by atoms with van der Waals surface area (Å²) < 4.78 is 28.2. The topological polar surface area (TPSA) is 79.4 Å². The smallest absolute Gasteiger partial charge is 0.228 e. The number of nitrogens with zero attached hydrogens (tertiary/aromatic N) is 2. The van der Waals surface area contributed by atoms with Crippen molar-refractivity contribution >= 4 is 27.3 Å². The number of hydrogen-bond donors (Lipinski definition) is 1. The molecule has 0 spiro atoms. The van der Waals surface area contributed by atoms with Gasteiger partial charge in [-0.15, -0.1) is 11.3 Å². The lowest BCUT2D eigenvalue weighted by Gasteiger charge is -2.33. The Bertz CT molecular complexity index is 696. The largest absolute Gasteiger partial charge is 0.341 e. The van der Waals surface area contributed by atoms with Crippen LogP contribution in [0.25, 0.3) is 0 Å². The van der Waals surface area contributed by atoms with Crippen LogP contribution in [-0.4, -0.2) is 48.6 Å². The number of aryl methyl sites for hydroxylation is 1. The van der Waals surface area contributed by atoms with E-state index in [2.05, 4.69) is 9.71 Å². The molecule has 6 nitrogen and oxygen atoms in total. The molecule has 2 heterocycles. The van der Waals surface area contributed by atoms with E-state index in [4.69, 9.17) is 0 Å². The molecule has 1 aliphatic carbocycles. The molecule has 25 heavy (non-hydrogen) atoms. The third-order valence-corrected chi connectivity index (χ3v) is 8.06. The van der Waals surface area contributed by atoms with Crippen LogP contribution < -0.4 is 4.72 Å². The molecule has 140 valence electrons. The van der Waals surface area contributed by atoms with E-state index >= 15 is 0 Å². The molecule has 3 rings (SSSR count). The van der Waals surface area contributed by atoms with Crippen molar-refractivity contribution in [2.24, 2.45) is 0 Å². The fourth-order valence-corrected chi connectivity index (χ4v) is 6.14. The summed E-state index contributed by atoms with van der Waals surface area (Å²) in [6.07, 6.45) is 6.54. The summed E-state index contributed by atoms with van der Waals surface area (Å²) in [6, 6.07) is 0.0820. The van der Waals surface area contributed by atoms with Crippen molar-refractivity contribution in [2.75, 3.05) is 13.1 Å². The van der Waals surface area contributed by atoms with Crippen LogP contribution in [0.3, 0.4) is 0 Å². The molecule has 1 atom stereocenters. The number of likely N-dealkylation sites (tertiary alicyclic amines) is 1. The summed E-state index contributed by atoms with van der Waals surface area (Å²) in [4.78, 5) is 18.7. The lowest BCUT2D eigenvalue weighted by molar-refractivity contribution is -0.131. The van der Waals surface area contributed by atoms with E-state index < -0.39 is 15.3 Å². The SMILES string of the molecule is CCc1nc(CC(=O)N2CCC[C@@H](S(=O)(=O)NC3CCCC3)C2)cs1. The van der Waals surface area contributed by atoms with Crippen LogP contribution in [-0.2, 0) is 27.7 Å². The predicted octanol–water partition coefficient (Wildman–Crippen LogP) is 2.10. The summed E-state index contributed by atoms with van der Waals surface area (Å²) in [5, 5.41) is 2.46. The molecule has 0 bridgehead atoms. The van der Waals surface area contributed by atoms with Gasteiger partial charge < -0.3 is 4.90 Å². The van der Waals surface area contributed by atoms with Crippen molar-refractivity contribution in [3.63, 3.8) is 0 Å². The van der Waals surface area contributed by atoms with Crippen LogP contribution in [0.1, 0.15) is 56.2 Å². The summed E-state index contributed by atoms with van der Waals surface area (Å²) in [6.45, 7) is 2.98. The van der Waals surface area contributed by atoms with Gasteiger partial charge in [0.15, 0.2) is 0 Å². The van der Waals surface area contributed by atoms with Gasteiger partial charge in [0.25, 0.3) is 0 Å². The number of rotatable bonds is 6. The Hall–Kier alpha value is -0.990. The van der Waals surface area contributed by atoms with Crippen molar-refractivity contribution in [3.8, 4) is 0 Å². The minimum absolute atomic E-state index is 0.0197. The van der Waals surface area contributed by atoms with E-state index in [-0.39, 0.29) is 18.4 Å². The summed E-state index contributed by atoms with van der Waals surface area (Å²) in [7, 11) is -3.36. The highest BCUT2D eigenvalue weighted by atomic mass is 32.2. The van der Waals surface area contributed by atoms with Gasteiger partial charge in [0.1, 0.15) is 0 Å². The number of hydrogen-bond acceptors (Lipinski definition) is 5. The number of amides is 1. The summed E-state index contributed by atoms with van der Waals surface area (Å²) >= 11 is 1.57. The molecule has 1 aromatic heterocycles. The van der Waals surface area contributed by atoms with Gasteiger partial charge in [-0.1, -0.05) is 19.8 Å². The highest BCUT2D eigenvalue weighted by molar-refractivity contribution is 7.90. The zero-order valence-electron chi connectivity index (χ0n) is 14.7. The number of sulfonamides is 1. The minimum Gasteiger partial charge on any atom is -0.341 e. The highest BCUT2D eigenvalue weighted by Gasteiger charge is 2.34. The second-order valence-electron chi connectivity index (χ2n) is 7.01. The lowest BCUT2D eigenvalue weighted by Crippen LogP contribution is -2.50. The normalized spacial score (nSPS) is 22.4. The van der Waals surface area contributed by atoms with Crippen LogP contribution >= 0.6 is 11.3 Å². The highest BCUT2D eigenvalue weighted by Crippen LogP contribution is 2.22. The quantitative estimate of drug-likeness (QED) is 0.813. The molecule has 2 aliphatic rings. The van der Waals surface area contributed by atoms with Gasteiger partial charge in [0.05, 0.1) is 22.4 Å². The maximum Gasteiger partial charge on any atom is 0.228 e. The molecule has 1 aliphatic heterocycles. The molecular weight excluding hydrogens is 358 g/mol. The van der Waals surface area contributed by atoms with Gasteiger partial charge in [-0.25, -0.2) is 18.1 Å². The number of carbonyl (C=O) groups excluding carboxylic acids is 1. The Kier molecular flexibility index (Phi) is 6.12. The molecule has 1 N–H and O–H groups in total. The number of carbonyl (C=O) groups is 1. The van der Waals surface area contributed by atoms with Gasteiger partial charge in [-0.2, -0.15) is 0 Å². The van der Waals surface area contributed by atoms with Gasteiger partial charge in [-0.05, 0) is 32.1 Å². The average molecular weight is 386 g/mol. The van der Waals surface area contributed by atoms with Crippen molar-refractivity contribution in [1.29, 1.82) is 0 Å². The first-order chi connectivity index (χ1) is 12.0. The molecule has 1 aromatic rings. The first-order valence-electron chi connectivity index (χ1n) is 9.20. The van der Waals surface area contributed by atoms with E-state index in [1.165, 1.54) is 0 Å². The Morgan fingerprint density at radius 1 is 1.32 bits per heavy atom. The third kappa shape index (κ3) is 4.80. The van der Waals surface area contributed by atoms with Gasteiger partial charge in [0.2, 0.25) is 15.9 Å². The Morgan fingerprint density at radius 3 is 2.76 bits per heavy atom. The maximum absolute atomic E-state index is 12.7. The fraction of sp³-hybridized carbons (Fsp3) is 0.765. The number of aromatic nitrogens is 1. The molecule has 0 aromatic carbocycles. The second-order valence-corrected chi connectivity index (χ2v) is 9.95. The zero-order valence-corrected chi connectivity index (χ0v) is 16.4. The molecule has 1 saturated heterocycles. The molecule has 0 radical (unpaired) electrons. The van der Waals surface area contributed by atoms with E-state index in [9.17, 15) is 13.2 Å². The molecule has 8 heteroatoms. The van der Waals surface area contributed by atoms with Crippen LogP contribution in [0.2, 0.25) is 0 Å². The molecular formula is C17H27N3O3S2. The zero-order chi connectivity index (χ0) is 17.9. The van der Waals surface area contributed by atoms with Crippen molar-refractivity contribution in [2.45, 2.75) is 69.6 Å². The molecule has 1 amide bonds.